The lowest BCUT2D eigenvalue weighted by Crippen LogP contribution is -2.58. The van der Waals surface area contributed by atoms with Gasteiger partial charge >= 0.3 is 0 Å². The maximum Gasteiger partial charge on any atom is 0.245 e. The molecular weight excluding hydrogens is 448 g/mol. The number of carbonyl (C=O) groups is 1. The van der Waals surface area contributed by atoms with Gasteiger partial charge in [0.2, 0.25) is 15.9 Å². The van der Waals surface area contributed by atoms with Crippen LogP contribution in [0.15, 0.2) is 58.8 Å². The van der Waals surface area contributed by atoms with Crippen LogP contribution < -0.4 is 15.4 Å². The van der Waals surface area contributed by atoms with Crippen LogP contribution in [0.25, 0.3) is 11.3 Å². The third-order valence-corrected chi connectivity index (χ3v) is 7.92. The Bertz CT molecular complexity index is 1190. The molecule has 1 amide bonds. The van der Waals surface area contributed by atoms with Gasteiger partial charge in [-0.1, -0.05) is 17.7 Å². The van der Waals surface area contributed by atoms with Crippen LogP contribution in [0.4, 0.5) is 5.13 Å². The molecule has 168 valence electrons. The van der Waals surface area contributed by atoms with E-state index >= 15 is 0 Å². The lowest BCUT2D eigenvalue weighted by molar-refractivity contribution is -0.120. The van der Waals surface area contributed by atoms with Crippen LogP contribution in [0.5, 0.6) is 5.75 Å². The van der Waals surface area contributed by atoms with Gasteiger partial charge in [-0.2, -0.15) is 4.31 Å². The average molecular weight is 473 g/mol. The molecule has 1 unspecified atom stereocenters. The molecule has 3 aromatic rings. The first-order chi connectivity index (χ1) is 15.4. The van der Waals surface area contributed by atoms with Gasteiger partial charge in [-0.05, 0) is 43.3 Å². The highest BCUT2D eigenvalue weighted by molar-refractivity contribution is 7.89. The lowest BCUT2D eigenvalue weighted by Gasteiger charge is -2.33. The molecule has 2 aromatic carbocycles. The zero-order valence-electron chi connectivity index (χ0n) is 17.7. The molecule has 0 radical (unpaired) electrons. The molecule has 0 spiro atoms. The topological polar surface area (TPSA) is 101 Å². The van der Waals surface area contributed by atoms with Gasteiger partial charge in [0.15, 0.2) is 5.13 Å². The first-order valence-electron chi connectivity index (χ1n) is 10.1. The number of thiazole rings is 1. The monoisotopic (exact) mass is 472 g/mol. The van der Waals surface area contributed by atoms with Gasteiger partial charge in [-0.25, -0.2) is 13.4 Å². The van der Waals surface area contributed by atoms with E-state index in [9.17, 15) is 13.2 Å². The predicted molar refractivity (Wildman–Crippen MR) is 124 cm³/mol. The van der Waals surface area contributed by atoms with Crippen molar-refractivity contribution in [3.05, 3.63) is 59.5 Å². The van der Waals surface area contributed by atoms with Crippen molar-refractivity contribution in [2.24, 2.45) is 0 Å². The number of aromatic nitrogens is 1. The highest BCUT2D eigenvalue weighted by atomic mass is 32.2. The second kappa shape index (κ2) is 9.37. The van der Waals surface area contributed by atoms with Crippen molar-refractivity contribution < 1.29 is 17.9 Å². The quantitative estimate of drug-likeness (QED) is 0.572. The molecule has 0 saturated carbocycles. The highest BCUT2D eigenvalue weighted by Gasteiger charge is 2.38. The summed E-state index contributed by atoms with van der Waals surface area (Å²) < 4.78 is 32.8. The third-order valence-electron chi connectivity index (χ3n) is 5.24. The minimum absolute atomic E-state index is 0.179. The molecule has 1 aromatic heterocycles. The zero-order chi connectivity index (χ0) is 22.7. The van der Waals surface area contributed by atoms with E-state index in [-0.39, 0.29) is 18.0 Å². The first kappa shape index (κ1) is 22.4. The molecular formula is C22H24N4O4S2. The zero-order valence-corrected chi connectivity index (χ0v) is 19.4. The summed E-state index contributed by atoms with van der Waals surface area (Å²) in [6.45, 7) is 2.82. The predicted octanol–water partition coefficient (Wildman–Crippen LogP) is 2.73. The Morgan fingerprint density at radius 2 is 1.91 bits per heavy atom. The third kappa shape index (κ3) is 4.68. The smallest absolute Gasteiger partial charge is 0.245 e. The van der Waals surface area contributed by atoms with Crippen molar-refractivity contribution in [2.75, 3.05) is 32.1 Å². The molecule has 1 aliphatic rings. The fourth-order valence-corrected chi connectivity index (χ4v) is 5.77. The van der Waals surface area contributed by atoms with E-state index < -0.39 is 22.0 Å². The van der Waals surface area contributed by atoms with Gasteiger partial charge in [-0.3, -0.25) is 4.79 Å². The summed E-state index contributed by atoms with van der Waals surface area (Å²) in [5.74, 6) is 0.334. The Morgan fingerprint density at radius 3 is 2.59 bits per heavy atom. The van der Waals surface area contributed by atoms with E-state index in [1.807, 2.05) is 36.6 Å². The summed E-state index contributed by atoms with van der Waals surface area (Å²) in [5.41, 5.74) is 2.58. The summed E-state index contributed by atoms with van der Waals surface area (Å²) in [6, 6.07) is 13.2. The number of carbonyl (C=O) groups excluding carboxylic acids is 1. The second-order valence-electron chi connectivity index (χ2n) is 7.40. The number of aryl methyl sites for hydroxylation is 1. The minimum Gasteiger partial charge on any atom is -0.497 e. The number of piperazine rings is 1. The normalized spacial score (nSPS) is 17.1. The van der Waals surface area contributed by atoms with Crippen molar-refractivity contribution in [3.63, 3.8) is 0 Å². The first-order valence-corrected chi connectivity index (χ1v) is 12.4. The number of hydrogen-bond acceptors (Lipinski definition) is 7. The number of nitrogens with zero attached hydrogens (tertiary/aromatic N) is 2. The van der Waals surface area contributed by atoms with Gasteiger partial charge in [0, 0.05) is 30.6 Å². The number of benzene rings is 2. The molecule has 2 N–H and O–H groups in total. The number of hydrogen-bond donors (Lipinski definition) is 2. The van der Waals surface area contributed by atoms with Gasteiger partial charge < -0.3 is 15.4 Å². The average Bonchev–Trinajstić information content (AvgIpc) is 3.28. The van der Waals surface area contributed by atoms with Crippen LogP contribution in [0.2, 0.25) is 0 Å². The molecule has 1 fully saturated rings. The second-order valence-corrected chi connectivity index (χ2v) is 10.2. The Morgan fingerprint density at radius 1 is 1.19 bits per heavy atom. The van der Waals surface area contributed by atoms with Gasteiger partial charge in [0.1, 0.15) is 11.8 Å². The van der Waals surface area contributed by atoms with Gasteiger partial charge in [0.25, 0.3) is 0 Å². The van der Waals surface area contributed by atoms with E-state index in [0.29, 0.717) is 11.7 Å². The summed E-state index contributed by atoms with van der Waals surface area (Å²) in [5, 5.41) is 8.16. The lowest BCUT2D eigenvalue weighted by atomic mass is 10.2. The van der Waals surface area contributed by atoms with Crippen molar-refractivity contribution in [2.45, 2.75) is 17.9 Å². The van der Waals surface area contributed by atoms with Crippen LogP contribution in [0, 0.1) is 6.92 Å². The van der Waals surface area contributed by atoms with E-state index in [2.05, 4.69) is 15.6 Å². The summed E-state index contributed by atoms with van der Waals surface area (Å²) in [7, 11) is -2.20. The molecule has 0 bridgehead atoms. The SMILES string of the molecule is COc1ccc(-c2csc(NC(=O)C3CNCCN3S(=O)(=O)c3ccc(C)cc3)n2)cc1. The minimum atomic E-state index is -3.81. The Balaban J connectivity index is 1.51. The number of rotatable bonds is 6. The van der Waals surface area contributed by atoms with Crippen molar-refractivity contribution >= 4 is 32.4 Å². The van der Waals surface area contributed by atoms with Crippen molar-refractivity contribution in [1.82, 2.24) is 14.6 Å². The van der Waals surface area contributed by atoms with E-state index in [1.165, 1.54) is 15.6 Å². The summed E-state index contributed by atoms with van der Waals surface area (Å²) in [4.78, 5) is 17.7. The maximum atomic E-state index is 13.2. The Kier molecular flexibility index (Phi) is 6.56. The number of anilines is 1. The largest absolute Gasteiger partial charge is 0.497 e. The van der Waals surface area contributed by atoms with Crippen LogP contribution >= 0.6 is 11.3 Å². The fraction of sp³-hybridized carbons (Fsp3) is 0.273. The van der Waals surface area contributed by atoms with Crippen LogP contribution in [0.1, 0.15) is 5.56 Å². The number of nitrogens with one attached hydrogen (secondary N) is 2. The summed E-state index contributed by atoms with van der Waals surface area (Å²) >= 11 is 1.29. The van der Waals surface area contributed by atoms with Crippen LogP contribution in [0.3, 0.4) is 0 Å². The molecule has 1 saturated heterocycles. The van der Waals surface area contributed by atoms with Gasteiger partial charge in [-0.15, -0.1) is 11.3 Å². The van der Waals surface area contributed by atoms with Crippen LogP contribution in [-0.4, -0.2) is 56.4 Å². The molecule has 32 heavy (non-hydrogen) atoms. The van der Waals surface area contributed by atoms with E-state index in [0.717, 1.165) is 22.6 Å². The molecule has 4 rings (SSSR count). The van der Waals surface area contributed by atoms with Crippen molar-refractivity contribution in [1.29, 1.82) is 0 Å². The van der Waals surface area contributed by atoms with Crippen LogP contribution in [-0.2, 0) is 14.8 Å². The standard InChI is InChI=1S/C22H24N4O4S2/c1-15-3-9-18(10-4-15)32(28,29)26-12-11-23-13-20(26)21(27)25-22-24-19(14-31-22)16-5-7-17(30-2)8-6-16/h3-10,14,20,23H,11-13H2,1-2H3,(H,24,25,27). The molecule has 1 aliphatic heterocycles. The van der Waals surface area contributed by atoms with Gasteiger partial charge in [0.05, 0.1) is 17.7 Å². The molecule has 0 aliphatic carbocycles. The molecule has 2 heterocycles. The Hall–Kier alpha value is -2.79. The highest BCUT2D eigenvalue weighted by Crippen LogP contribution is 2.27. The number of sulfonamides is 1. The molecule has 1 atom stereocenters. The number of methoxy groups -OCH3 is 1. The van der Waals surface area contributed by atoms with E-state index in [4.69, 9.17) is 4.74 Å². The van der Waals surface area contributed by atoms with E-state index in [1.54, 1.807) is 31.4 Å². The molecule has 10 heteroatoms. The maximum absolute atomic E-state index is 13.2. The molecule has 8 nitrogen and oxygen atoms in total. The number of ether oxygens (including phenoxy) is 1. The number of amides is 1. The fourth-order valence-electron chi connectivity index (χ4n) is 3.46. The Labute approximate surface area is 191 Å². The van der Waals surface area contributed by atoms with Crippen molar-refractivity contribution in [3.8, 4) is 17.0 Å². The summed E-state index contributed by atoms with van der Waals surface area (Å²) in [6.07, 6.45) is 0.